The number of hydrogen-bond acceptors (Lipinski definition) is 6. The van der Waals surface area contributed by atoms with Crippen LogP contribution >= 0.6 is 35.0 Å². The minimum Gasteiger partial charge on any atom is -0.324 e. The number of nitro groups is 1. The number of thioether (sulfide) groups is 1. The van der Waals surface area contributed by atoms with Crippen LogP contribution in [0.5, 0.6) is 0 Å². The Bertz CT molecular complexity index is 1030. The standard InChI is InChI=1S/C18H12Cl2N4O3S/c19-12-4-5-14(20)16(9-12)21-17(25)10-28-18-7-6-15(22-23-18)11-2-1-3-13(8-11)24(26)27/h1-9H,10H2,(H,21,25). The van der Waals surface area contributed by atoms with Gasteiger partial charge in [-0.2, -0.15) is 0 Å². The van der Waals surface area contributed by atoms with E-state index in [1.165, 1.54) is 23.9 Å². The smallest absolute Gasteiger partial charge is 0.270 e. The number of non-ortho nitro benzene ring substituents is 1. The number of nitro benzene ring substituents is 1. The van der Waals surface area contributed by atoms with Gasteiger partial charge in [0.2, 0.25) is 5.91 Å². The first-order valence-electron chi connectivity index (χ1n) is 7.88. The maximum atomic E-state index is 12.1. The molecule has 1 heterocycles. The normalized spacial score (nSPS) is 10.5. The number of hydrogen-bond donors (Lipinski definition) is 1. The van der Waals surface area contributed by atoms with Gasteiger partial charge in [-0.05, 0) is 30.3 Å². The van der Waals surface area contributed by atoms with E-state index in [1.807, 2.05) is 0 Å². The fourth-order valence-electron chi connectivity index (χ4n) is 2.25. The molecule has 3 aromatic rings. The zero-order valence-electron chi connectivity index (χ0n) is 14.1. The second-order valence-electron chi connectivity index (χ2n) is 5.53. The average Bonchev–Trinajstić information content (AvgIpc) is 2.69. The highest BCUT2D eigenvalue weighted by molar-refractivity contribution is 7.99. The van der Waals surface area contributed by atoms with Gasteiger partial charge in [0.1, 0.15) is 5.03 Å². The predicted molar refractivity (Wildman–Crippen MR) is 110 cm³/mol. The Hall–Kier alpha value is -2.68. The van der Waals surface area contributed by atoms with Crippen molar-refractivity contribution < 1.29 is 9.72 Å². The summed E-state index contributed by atoms with van der Waals surface area (Å²) < 4.78 is 0. The molecular formula is C18H12Cl2N4O3S. The zero-order chi connectivity index (χ0) is 20.1. The van der Waals surface area contributed by atoms with Crippen molar-refractivity contribution in [3.8, 4) is 11.3 Å². The molecule has 1 N–H and O–H groups in total. The number of rotatable bonds is 6. The van der Waals surface area contributed by atoms with Crippen LogP contribution in [-0.4, -0.2) is 26.8 Å². The molecule has 0 aliphatic rings. The molecule has 3 rings (SSSR count). The lowest BCUT2D eigenvalue weighted by atomic mass is 10.1. The van der Waals surface area contributed by atoms with Crippen LogP contribution in [0.2, 0.25) is 10.0 Å². The van der Waals surface area contributed by atoms with E-state index in [1.54, 1.807) is 42.5 Å². The maximum Gasteiger partial charge on any atom is 0.270 e. The molecule has 0 saturated carbocycles. The molecule has 0 saturated heterocycles. The van der Waals surface area contributed by atoms with Crippen LogP contribution in [0.3, 0.4) is 0 Å². The molecule has 7 nitrogen and oxygen atoms in total. The number of aromatic nitrogens is 2. The van der Waals surface area contributed by atoms with Crippen molar-refractivity contribution in [3.63, 3.8) is 0 Å². The summed E-state index contributed by atoms with van der Waals surface area (Å²) >= 11 is 13.1. The quantitative estimate of drug-likeness (QED) is 0.329. The molecular weight excluding hydrogens is 423 g/mol. The van der Waals surface area contributed by atoms with E-state index in [4.69, 9.17) is 23.2 Å². The number of benzene rings is 2. The molecule has 0 bridgehead atoms. The Balaban J connectivity index is 1.61. The molecule has 0 fully saturated rings. The van der Waals surface area contributed by atoms with Crippen LogP contribution in [-0.2, 0) is 4.79 Å². The topological polar surface area (TPSA) is 98.0 Å². The third kappa shape index (κ3) is 5.19. The van der Waals surface area contributed by atoms with Gasteiger partial charge in [0.25, 0.3) is 5.69 Å². The number of carbonyl (C=O) groups excluding carboxylic acids is 1. The van der Waals surface area contributed by atoms with Crippen molar-refractivity contribution in [3.05, 3.63) is 74.8 Å². The van der Waals surface area contributed by atoms with Crippen LogP contribution in [0.15, 0.2) is 59.6 Å². The largest absolute Gasteiger partial charge is 0.324 e. The lowest BCUT2D eigenvalue weighted by molar-refractivity contribution is -0.384. The molecule has 0 aliphatic carbocycles. The summed E-state index contributed by atoms with van der Waals surface area (Å²) in [6.07, 6.45) is 0. The highest BCUT2D eigenvalue weighted by atomic mass is 35.5. The highest BCUT2D eigenvalue weighted by Crippen LogP contribution is 2.26. The SMILES string of the molecule is O=C(CSc1ccc(-c2cccc([N+](=O)[O-])c2)nn1)Nc1cc(Cl)ccc1Cl. The highest BCUT2D eigenvalue weighted by Gasteiger charge is 2.10. The number of carbonyl (C=O) groups is 1. The van der Waals surface area contributed by atoms with E-state index in [0.717, 1.165) is 0 Å². The summed E-state index contributed by atoms with van der Waals surface area (Å²) in [6, 6.07) is 14.3. The second kappa shape index (κ2) is 9.01. The third-order valence-corrected chi connectivity index (χ3v) is 5.03. The van der Waals surface area contributed by atoms with E-state index < -0.39 is 4.92 Å². The molecule has 0 unspecified atom stereocenters. The summed E-state index contributed by atoms with van der Waals surface area (Å²) in [4.78, 5) is 22.5. The number of amides is 1. The molecule has 0 spiro atoms. The molecule has 28 heavy (non-hydrogen) atoms. The number of anilines is 1. The predicted octanol–water partition coefficient (Wildman–Crippen LogP) is 5.09. The van der Waals surface area contributed by atoms with Crippen LogP contribution < -0.4 is 5.32 Å². The van der Waals surface area contributed by atoms with Gasteiger partial charge in [-0.1, -0.05) is 47.1 Å². The molecule has 2 aromatic carbocycles. The Labute approximate surface area is 174 Å². The van der Waals surface area contributed by atoms with E-state index in [9.17, 15) is 14.9 Å². The molecule has 10 heteroatoms. The van der Waals surface area contributed by atoms with Crippen molar-refractivity contribution in [2.75, 3.05) is 11.1 Å². The van der Waals surface area contributed by atoms with Gasteiger partial charge >= 0.3 is 0 Å². The van der Waals surface area contributed by atoms with Gasteiger partial charge < -0.3 is 5.32 Å². The maximum absolute atomic E-state index is 12.1. The molecule has 1 aromatic heterocycles. The molecule has 142 valence electrons. The van der Waals surface area contributed by atoms with Gasteiger partial charge in [-0.15, -0.1) is 10.2 Å². The molecule has 1 amide bonds. The first-order valence-corrected chi connectivity index (χ1v) is 9.63. The van der Waals surface area contributed by atoms with Gasteiger partial charge in [0, 0.05) is 22.7 Å². The fraction of sp³-hybridized carbons (Fsp3) is 0.0556. The third-order valence-electron chi connectivity index (χ3n) is 3.55. The lowest BCUT2D eigenvalue weighted by Crippen LogP contribution is -2.14. The molecule has 0 atom stereocenters. The average molecular weight is 435 g/mol. The number of nitrogens with zero attached hydrogens (tertiary/aromatic N) is 3. The van der Waals surface area contributed by atoms with Crippen molar-refractivity contribution in [1.29, 1.82) is 0 Å². The van der Waals surface area contributed by atoms with Gasteiger partial charge in [-0.25, -0.2) is 0 Å². The zero-order valence-corrected chi connectivity index (χ0v) is 16.5. The van der Waals surface area contributed by atoms with Crippen molar-refractivity contribution in [2.45, 2.75) is 5.03 Å². The number of halogens is 2. The van der Waals surface area contributed by atoms with Crippen molar-refractivity contribution >= 4 is 52.2 Å². The van der Waals surface area contributed by atoms with Crippen LogP contribution in [0.1, 0.15) is 0 Å². The Morgan fingerprint density at radius 3 is 2.64 bits per heavy atom. The second-order valence-corrected chi connectivity index (χ2v) is 7.36. The van der Waals surface area contributed by atoms with Crippen molar-refractivity contribution in [1.82, 2.24) is 10.2 Å². The van der Waals surface area contributed by atoms with E-state index >= 15 is 0 Å². The van der Waals surface area contributed by atoms with E-state index in [-0.39, 0.29) is 17.3 Å². The Morgan fingerprint density at radius 1 is 1.11 bits per heavy atom. The van der Waals surface area contributed by atoms with Gasteiger partial charge in [0.15, 0.2) is 0 Å². The summed E-state index contributed by atoms with van der Waals surface area (Å²) in [5.41, 5.74) is 1.51. The van der Waals surface area contributed by atoms with Crippen LogP contribution in [0.4, 0.5) is 11.4 Å². The Morgan fingerprint density at radius 2 is 1.93 bits per heavy atom. The van der Waals surface area contributed by atoms with Crippen molar-refractivity contribution in [2.24, 2.45) is 0 Å². The summed E-state index contributed by atoms with van der Waals surface area (Å²) in [5.74, 6) is -0.160. The summed E-state index contributed by atoms with van der Waals surface area (Å²) in [7, 11) is 0. The summed E-state index contributed by atoms with van der Waals surface area (Å²) in [5, 5.41) is 23.1. The van der Waals surface area contributed by atoms with Crippen LogP contribution in [0.25, 0.3) is 11.3 Å². The molecule has 0 aliphatic heterocycles. The van der Waals surface area contributed by atoms with Gasteiger partial charge in [0.05, 0.1) is 27.1 Å². The molecule has 0 radical (unpaired) electrons. The first-order chi connectivity index (χ1) is 13.4. The lowest BCUT2D eigenvalue weighted by Gasteiger charge is -2.07. The summed E-state index contributed by atoms with van der Waals surface area (Å²) in [6.45, 7) is 0. The van der Waals surface area contributed by atoms with Gasteiger partial charge in [-0.3, -0.25) is 14.9 Å². The van der Waals surface area contributed by atoms with E-state index in [2.05, 4.69) is 15.5 Å². The van der Waals surface area contributed by atoms with E-state index in [0.29, 0.717) is 32.0 Å². The number of nitrogens with one attached hydrogen (secondary N) is 1. The minimum atomic E-state index is -0.466. The monoisotopic (exact) mass is 434 g/mol. The first kappa shape index (κ1) is 20.1. The fourth-order valence-corrected chi connectivity index (χ4v) is 3.20. The van der Waals surface area contributed by atoms with Crippen LogP contribution in [0, 0.1) is 10.1 Å². The minimum absolute atomic E-state index is 0.0194. The Kier molecular flexibility index (Phi) is 6.45.